The lowest BCUT2D eigenvalue weighted by molar-refractivity contribution is -0.139. The number of anilines is 1. The molecule has 0 aliphatic rings. The Morgan fingerprint density at radius 1 is 0.933 bits per heavy atom. The van der Waals surface area contributed by atoms with E-state index in [0.717, 1.165) is 0 Å². The standard InChI is InChI=1S/C22H20N2O6/c1-28-19(25)13-23-21(26)15-7-9-17(10-8-15)24-22(27)20-16(11-12-29-20)14-30-18-5-3-2-4-6-18/h2-12H,13-14H2,1H3,(H,23,26)(H,24,27). The van der Waals surface area contributed by atoms with Crippen LogP contribution < -0.4 is 15.4 Å². The van der Waals surface area contributed by atoms with Gasteiger partial charge in [-0.3, -0.25) is 14.4 Å². The molecule has 0 aliphatic carbocycles. The molecule has 1 heterocycles. The number of ether oxygens (including phenoxy) is 2. The zero-order valence-corrected chi connectivity index (χ0v) is 16.2. The molecule has 0 radical (unpaired) electrons. The van der Waals surface area contributed by atoms with E-state index in [9.17, 15) is 14.4 Å². The Morgan fingerprint density at radius 2 is 1.67 bits per heavy atom. The fourth-order valence-electron chi connectivity index (χ4n) is 2.55. The summed E-state index contributed by atoms with van der Waals surface area (Å²) in [7, 11) is 1.24. The summed E-state index contributed by atoms with van der Waals surface area (Å²) in [5.74, 6) is -0.575. The molecule has 8 nitrogen and oxygen atoms in total. The maximum atomic E-state index is 12.5. The van der Waals surface area contributed by atoms with E-state index in [-0.39, 0.29) is 18.9 Å². The van der Waals surface area contributed by atoms with Crippen molar-refractivity contribution in [2.24, 2.45) is 0 Å². The molecule has 8 heteroatoms. The van der Waals surface area contributed by atoms with Crippen molar-refractivity contribution >= 4 is 23.5 Å². The molecule has 0 spiro atoms. The second-order valence-corrected chi connectivity index (χ2v) is 6.17. The number of benzene rings is 2. The monoisotopic (exact) mass is 408 g/mol. The third-order valence-corrected chi connectivity index (χ3v) is 4.12. The van der Waals surface area contributed by atoms with Crippen molar-refractivity contribution in [3.8, 4) is 5.75 Å². The van der Waals surface area contributed by atoms with Gasteiger partial charge < -0.3 is 24.5 Å². The minimum atomic E-state index is -0.544. The van der Waals surface area contributed by atoms with Crippen LogP contribution in [-0.2, 0) is 16.1 Å². The van der Waals surface area contributed by atoms with Crippen molar-refractivity contribution in [1.29, 1.82) is 0 Å². The number of esters is 1. The average molecular weight is 408 g/mol. The highest BCUT2D eigenvalue weighted by Gasteiger charge is 2.16. The number of amides is 2. The molecule has 154 valence electrons. The highest BCUT2D eigenvalue weighted by molar-refractivity contribution is 6.03. The van der Waals surface area contributed by atoms with Crippen molar-refractivity contribution in [2.45, 2.75) is 6.61 Å². The van der Waals surface area contributed by atoms with Crippen LogP contribution in [0.4, 0.5) is 5.69 Å². The van der Waals surface area contributed by atoms with Crippen molar-refractivity contribution in [3.05, 3.63) is 83.8 Å². The summed E-state index contributed by atoms with van der Waals surface area (Å²) < 4.78 is 15.4. The first kappa shape index (κ1) is 20.7. The predicted molar refractivity (Wildman–Crippen MR) is 108 cm³/mol. The summed E-state index contributed by atoms with van der Waals surface area (Å²) in [5, 5.41) is 5.15. The first-order chi connectivity index (χ1) is 14.6. The molecule has 1 aromatic heterocycles. The molecule has 0 fully saturated rings. The Balaban J connectivity index is 1.58. The Labute approximate surface area is 172 Å². The number of carbonyl (C=O) groups excluding carboxylic acids is 3. The number of hydrogen-bond donors (Lipinski definition) is 2. The summed E-state index contributed by atoms with van der Waals surface area (Å²) in [6, 6.07) is 17.1. The van der Waals surface area contributed by atoms with E-state index in [2.05, 4.69) is 15.4 Å². The molecule has 0 unspecified atom stereocenters. The fourth-order valence-corrected chi connectivity index (χ4v) is 2.55. The first-order valence-electron chi connectivity index (χ1n) is 9.07. The van der Waals surface area contributed by atoms with Gasteiger partial charge in [0.15, 0.2) is 5.76 Å². The molecule has 0 saturated heterocycles. The molecule has 2 aromatic carbocycles. The Kier molecular flexibility index (Phi) is 6.83. The van der Waals surface area contributed by atoms with Crippen molar-refractivity contribution in [1.82, 2.24) is 5.32 Å². The minimum Gasteiger partial charge on any atom is -0.489 e. The molecule has 0 bridgehead atoms. The number of carbonyl (C=O) groups is 3. The molecule has 3 aromatic rings. The van der Waals surface area contributed by atoms with E-state index in [1.165, 1.54) is 25.5 Å². The zero-order chi connectivity index (χ0) is 21.3. The number of furan rings is 1. The number of hydrogen-bond acceptors (Lipinski definition) is 6. The van der Waals surface area contributed by atoms with E-state index < -0.39 is 17.8 Å². The van der Waals surface area contributed by atoms with Crippen LogP contribution in [0.2, 0.25) is 0 Å². The van der Waals surface area contributed by atoms with Crippen LogP contribution in [0.5, 0.6) is 5.75 Å². The third kappa shape index (κ3) is 5.48. The van der Waals surface area contributed by atoms with E-state index in [1.807, 2.05) is 30.3 Å². The summed E-state index contributed by atoms with van der Waals surface area (Å²) in [4.78, 5) is 35.6. The van der Waals surface area contributed by atoms with Crippen LogP contribution in [0.3, 0.4) is 0 Å². The summed E-state index contributed by atoms with van der Waals surface area (Å²) in [6.07, 6.45) is 1.42. The summed E-state index contributed by atoms with van der Waals surface area (Å²) in [6.45, 7) is -0.0390. The van der Waals surface area contributed by atoms with Gasteiger partial charge in [0, 0.05) is 16.8 Å². The summed E-state index contributed by atoms with van der Waals surface area (Å²) in [5.41, 5.74) is 1.43. The van der Waals surface area contributed by atoms with Crippen LogP contribution in [0.1, 0.15) is 26.5 Å². The molecule has 3 rings (SSSR count). The van der Waals surface area contributed by atoms with Gasteiger partial charge in [0.25, 0.3) is 11.8 Å². The van der Waals surface area contributed by atoms with E-state index >= 15 is 0 Å². The number of nitrogens with one attached hydrogen (secondary N) is 2. The van der Waals surface area contributed by atoms with Gasteiger partial charge >= 0.3 is 5.97 Å². The van der Waals surface area contributed by atoms with Crippen LogP contribution in [0.15, 0.2) is 71.3 Å². The highest BCUT2D eigenvalue weighted by Crippen LogP contribution is 2.18. The summed E-state index contributed by atoms with van der Waals surface area (Å²) >= 11 is 0. The number of methoxy groups -OCH3 is 1. The van der Waals surface area contributed by atoms with Crippen LogP contribution in [-0.4, -0.2) is 31.4 Å². The van der Waals surface area contributed by atoms with E-state index in [0.29, 0.717) is 22.6 Å². The van der Waals surface area contributed by atoms with Crippen molar-refractivity contribution in [2.75, 3.05) is 19.0 Å². The third-order valence-electron chi connectivity index (χ3n) is 4.12. The molecule has 30 heavy (non-hydrogen) atoms. The average Bonchev–Trinajstić information content (AvgIpc) is 3.26. The fraction of sp³-hybridized carbons (Fsp3) is 0.136. The molecule has 0 aliphatic heterocycles. The largest absolute Gasteiger partial charge is 0.489 e. The molecule has 0 atom stereocenters. The zero-order valence-electron chi connectivity index (χ0n) is 16.2. The van der Waals surface area contributed by atoms with Gasteiger partial charge in [-0.25, -0.2) is 0 Å². The van der Waals surface area contributed by atoms with Crippen molar-refractivity contribution < 1.29 is 28.3 Å². The van der Waals surface area contributed by atoms with Gasteiger partial charge in [-0.05, 0) is 42.5 Å². The van der Waals surface area contributed by atoms with Gasteiger partial charge in [-0.1, -0.05) is 18.2 Å². The molecule has 2 amide bonds. The first-order valence-corrected chi connectivity index (χ1v) is 9.07. The van der Waals surface area contributed by atoms with Crippen LogP contribution >= 0.6 is 0 Å². The maximum Gasteiger partial charge on any atom is 0.325 e. The van der Waals surface area contributed by atoms with E-state index in [1.54, 1.807) is 18.2 Å². The Hall–Kier alpha value is -4.07. The normalized spacial score (nSPS) is 10.2. The molecule has 0 saturated carbocycles. The van der Waals surface area contributed by atoms with Crippen LogP contribution in [0, 0.1) is 0 Å². The van der Waals surface area contributed by atoms with Gasteiger partial charge in [0.05, 0.1) is 13.4 Å². The Bertz CT molecular complexity index is 1010. The van der Waals surface area contributed by atoms with Gasteiger partial charge in [-0.2, -0.15) is 0 Å². The van der Waals surface area contributed by atoms with Crippen molar-refractivity contribution in [3.63, 3.8) is 0 Å². The lowest BCUT2D eigenvalue weighted by Gasteiger charge is -2.08. The lowest BCUT2D eigenvalue weighted by Crippen LogP contribution is -2.30. The Morgan fingerprint density at radius 3 is 2.37 bits per heavy atom. The van der Waals surface area contributed by atoms with Gasteiger partial charge in [0.2, 0.25) is 0 Å². The second kappa shape index (κ2) is 9.92. The highest BCUT2D eigenvalue weighted by atomic mass is 16.5. The SMILES string of the molecule is COC(=O)CNC(=O)c1ccc(NC(=O)c2occc2COc2ccccc2)cc1. The van der Waals surface area contributed by atoms with Crippen LogP contribution in [0.25, 0.3) is 0 Å². The second-order valence-electron chi connectivity index (χ2n) is 6.17. The minimum absolute atomic E-state index is 0.144. The molecular formula is C22H20N2O6. The van der Waals surface area contributed by atoms with E-state index in [4.69, 9.17) is 9.15 Å². The maximum absolute atomic E-state index is 12.5. The number of rotatable bonds is 8. The molecule has 2 N–H and O–H groups in total. The quantitative estimate of drug-likeness (QED) is 0.555. The van der Waals surface area contributed by atoms with Gasteiger partial charge in [0.1, 0.15) is 18.9 Å². The lowest BCUT2D eigenvalue weighted by atomic mass is 10.2. The van der Waals surface area contributed by atoms with Gasteiger partial charge in [-0.15, -0.1) is 0 Å². The number of para-hydroxylation sites is 1. The topological polar surface area (TPSA) is 107 Å². The smallest absolute Gasteiger partial charge is 0.325 e. The molecular weight excluding hydrogens is 388 g/mol. The predicted octanol–water partition coefficient (Wildman–Crippen LogP) is 3.01.